The standard InChI is InChI=1S/C16H24N2O2/c1-4-18(13-16(2,3)19)11-12-20-15-7-5-14(6-8-15)9-10-17/h5-8,19H,4,9,11-13H2,1-3H3. The van der Waals surface area contributed by atoms with E-state index >= 15 is 0 Å². The van der Waals surface area contributed by atoms with E-state index in [2.05, 4.69) is 17.9 Å². The SMILES string of the molecule is CCN(CCOc1ccc(CC#N)cc1)CC(C)(C)O. The summed E-state index contributed by atoms with van der Waals surface area (Å²) in [5.74, 6) is 0.811. The first-order valence-corrected chi connectivity index (χ1v) is 6.98. The van der Waals surface area contributed by atoms with Crippen LogP contribution in [0.3, 0.4) is 0 Å². The molecule has 0 atom stereocenters. The Kier molecular flexibility index (Phi) is 6.50. The zero-order valence-electron chi connectivity index (χ0n) is 12.6. The maximum atomic E-state index is 9.81. The summed E-state index contributed by atoms with van der Waals surface area (Å²) in [6.45, 7) is 8.57. The van der Waals surface area contributed by atoms with Crippen LogP contribution < -0.4 is 4.74 Å². The van der Waals surface area contributed by atoms with E-state index in [1.807, 2.05) is 38.1 Å². The van der Waals surface area contributed by atoms with Gasteiger partial charge in [0.15, 0.2) is 0 Å². The largest absolute Gasteiger partial charge is 0.492 e. The Morgan fingerprint density at radius 2 is 1.95 bits per heavy atom. The summed E-state index contributed by atoms with van der Waals surface area (Å²) >= 11 is 0. The van der Waals surface area contributed by atoms with E-state index in [9.17, 15) is 5.11 Å². The first-order valence-electron chi connectivity index (χ1n) is 6.98. The van der Waals surface area contributed by atoms with Gasteiger partial charge in [0.25, 0.3) is 0 Å². The molecule has 0 saturated heterocycles. The highest BCUT2D eigenvalue weighted by molar-refractivity contribution is 5.28. The molecular weight excluding hydrogens is 252 g/mol. The predicted molar refractivity (Wildman–Crippen MR) is 79.7 cm³/mol. The molecule has 0 bridgehead atoms. The third kappa shape index (κ3) is 6.55. The number of likely N-dealkylation sites (N-methyl/N-ethyl adjacent to an activating group) is 1. The van der Waals surface area contributed by atoms with Gasteiger partial charge in [0, 0.05) is 13.1 Å². The molecule has 0 aliphatic carbocycles. The molecule has 1 N–H and O–H groups in total. The third-order valence-electron chi connectivity index (χ3n) is 2.94. The maximum absolute atomic E-state index is 9.81. The van der Waals surface area contributed by atoms with Gasteiger partial charge in [0.05, 0.1) is 18.1 Å². The Labute approximate surface area is 121 Å². The van der Waals surface area contributed by atoms with Crippen LogP contribution in [0.5, 0.6) is 5.75 Å². The second-order valence-corrected chi connectivity index (χ2v) is 5.51. The molecule has 0 spiro atoms. The first kappa shape index (κ1) is 16.5. The molecular formula is C16H24N2O2. The summed E-state index contributed by atoms with van der Waals surface area (Å²) in [5, 5.41) is 18.4. The molecule has 0 amide bonds. The summed E-state index contributed by atoms with van der Waals surface area (Å²) < 4.78 is 5.68. The number of rotatable bonds is 8. The highest BCUT2D eigenvalue weighted by atomic mass is 16.5. The van der Waals surface area contributed by atoms with Gasteiger partial charge in [0.2, 0.25) is 0 Å². The van der Waals surface area contributed by atoms with Gasteiger partial charge in [-0.2, -0.15) is 5.26 Å². The van der Waals surface area contributed by atoms with Crippen LogP contribution in [0.15, 0.2) is 24.3 Å². The Balaban J connectivity index is 2.37. The lowest BCUT2D eigenvalue weighted by Crippen LogP contribution is -2.40. The van der Waals surface area contributed by atoms with Crippen molar-refractivity contribution in [3.05, 3.63) is 29.8 Å². The van der Waals surface area contributed by atoms with Crippen LogP contribution in [0.2, 0.25) is 0 Å². The Morgan fingerprint density at radius 3 is 2.45 bits per heavy atom. The Hall–Kier alpha value is -1.57. The summed E-state index contributed by atoms with van der Waals surface area (Å²) in [4.78, 5) is 2.16. The molecule has 4 heteroatoms. The second kappa shape index (κ2) is 7.88. The van der Waals surface area contributed by atoms with Crippen molar-refractivity contribution < 1.29 is 9.84 Å². The number of benzene rings is 1. The van der Waals surface area contributed by atoms with Crippen LogP contribution in [-0.2, 0) is 6.42 Å². The highest BCUT2D eigenvalue weighted by Gasteiger charge is 2.16. The topological polar surface area (TPSA) is 56.5 Å². The molecule has 0 heterocycles. The van der Waals surface area contributed by atoms with Crippen molar-refractivity contribution in [1.29, 1.82) is 5.26 Å². The maximum Gasteiger partial charge on any atom is 0.119 e. The number of ether oxygens (including phenoxy) is 1. The lowest BCUT2D eigenvalue weighted by atomic mass is 10.1. The zero-order valence-corrected chi connectivity index (χ0v) is 12.6. The van der Waals surface area contributed by atoms with Crippen molar-refractivity contribution in [2.75, 3.05) is 26.2 Å². The minimum atomic E-state index is -0.686. The van der Waals surface area contributed by atoms with Crippen molar-refractivity contribution in [3.8, 4) is 11.8 Å². The van der Waals surface area contributed by atoms with Gasteiger partial charge >= 0.3 is 0 Å². The van der Waals surface area contributed by atoms with Crippen molar-refractivity contribution in [1.82, 2.24) is 4.90 Å². The van der Waals surface area contributed by atoms with Crippen molar-refractivity contribution in [3.63, 3.8) is 0 Å². The molecule has 0 saturated carbocycles. The lowest BCUT2D eigenvalue weighted by Gasteiger charge is -2.27. The molecule has 0 unspecified atom stereocenters. The van der Waals surface area contributed by atoms with Gasteiger partial charge in [0.1, 0.15) is 12.4 Å². The molecule has 20 heavy (non-hydrogen) atoms. The number of nitrogens with zero attached hydrogens (tertiary/aromatic N) is 2. The quantitative estimate of drug-likeness (QED) is 0.791. The van der Waals surface area contributed by atoms with Crippen molar-refractivity contribution >= 4 is 0 Å². The van der Waals surface area contributed by atoms with Crippen LogP contribution in [0.25, 0.3) is 0 Å². The molecule has 1 aromatic carbocycles. The second-order valence-electron chi connectivity index (χ2n) is 5.51. The molecule has 0 aromatic heterocycles. The van der Waals surface area contributed by atoms with E-state index in [0.29, 0.717) is 19.6 Å². The monoisotopic (exact) mass is 276 g/mol. The fourth-order valence-electron chi connectivity index (χ4n) is 1.98. The number of aliphatic hydroxyl groups is 1. The van der Waals surface area contributed by atoms with Gasteiger partial charge in [-0.25, -0.2) is 0 Å². The summed E-state index contributed by atoms with van der Waals surface area (Å²) in [6, 6.07) is 9.71. The first-order chi connectivity index (χ1) is 9.44. The fraction of sp³-hybridized carbons (Fsp3) is 0.562. The number of nitriles is 1. The molecule has 0 fully saturated rings. The normalized spacial score (nSPS) is 11.4. The fourth-order valence-corrected chi connectivity index (χ4v) is 1.98. The number of hydrogen-bond donors (Lipinski definition) is 1. The molecule has 110 valence electrons. The van der Waals surface area contributed by atoms with E-state index in [0.717, 1.165) is 24.4 Å². The van der Waals surface area contributed by atoms with E-state index in [-0.39, 0.29) is 0 Å². The lowest BCUT2D eigenvalue weighted by molar-refractivity contribution is 0.0340. The van der Waals surface area contributed by atoms with Gasteiger partial charge in [-0.15, -0.1) is 0 Å². The molecule has 4 nitrogen and oxygen atoms in total. The van der Waals surface area contributed by atoms with Gasteiger partial charge in [-0.05, 0) is 38.1 Å². The van der Waals surface area contributed by atoms with Gasteiger partial charge in [-0.1, -0.05) is 19.1 Å². The van der Waals surface area contributed by atoms with Crippen molar-refractivity contribution in [2.45, 2.75) is 32.8 Å². The summed E-state index contributed by atoms with van der Waals surface area (Å²) in [6.07, 6.45) is 0.426. The van der Waals surface area contributed by atoms with E-state index in [1.165, 1.54) is 0 Å². The zero-order chi connectivity index (χ0) is 15.0. The third-order valence-corrected chi connectivity index (χ3v) is 2.94. The summed E-state index contributed by atoms with van der Waals surface area (Å²) in [5.41, 5.74) is 0.312. The average molecular weight is 276 g/mol. The van der Waals surface area contributed by atoms with E-state index in [1.54, 1.807) is 0 Å². The predicted octanol–water partition coefficient (Wildman–Crippen LogP) is 2.22. The minimum Gasteiger partial charge on any atom is -0.492 e. The average Bonchev–Trinajstić information content (AvgIpc) is 2.38. The molecule has 0 aliphatic heterocycles. The smallest absolute Gasteiger partial charge is 0.119 e. The molecule has 0 radical (unpaired) electrons. The number of hydrogen-bond acceptors (Lipinski definition) is 4. The van der Waals surface area contributed by atoms with Crippen LogP contribution in [0.1, 0.15) is 26.3 Å². The Morgan fingerprint density at radius 1 is 1.30 bits per heavy atom. The van der Waals surface area contributed by atoms with Gasteiger partial charge in [-0.3, -0.25) is 4.90 Å². The summed E-state index contributed by atoms with van der Waals surface area (Å²) in [7, 11) is 0. The van der Waals surface area contributed by atoms with E-state index in [4.69, 9.17) is 10.00 Å². The van der Waals surface area contributed by atoms with Crippen molar-refractivity contribution in [2.24, 2.45) is 0 Å². The molecule has 1 rings (SSSR count). The highest BCUT2D eigenvalue weighted by Crippen LogP contribution is 2.12. The minimum absolute atomic E-state index is 0.426. The molecule has 1 aromatic rings. The van der Waals surface area contributed by atoms with Crippen LogP contribution >= 0.6 is 0 Å². The van der Waals surface area contributed by atoms with Crippen LogP contribution in [0, 0.1) is 11.3 Å². The van der Waals surface area contributed by atoms with E-state index < -0.39 is 5.60 Å². The Bertz CT molecular complexity index is 429. The molecule has 0 aliphatic rings. The van der Waals surface area contributed by atoms with Crippen LogP contribution in [-0.4, -0.2) is 41.8 Å². The van der Waals surface area contributed by atoms with Crippen LogP contribution in [0.4, 0.5) is 0 Å². The van der Waals surface area contributed by atoms with Gasteiger partial charge < -0.3 is 9.84 Å².